The number of carbonyl (C=O) groups is 1. The molecule has 194 valence electrons. The monoisotopic (exact) mass is 492 g/mol. The van der Waals surface area contributed by atoms with E-state index in [4.69, 9.17) is 4.99 Å². The van der Waals surface area contributed by atoms with Crippen LogP contribution in [0, 0.1) is 11.7 Å². The predicted octanol–water partition coefficient (Wildman–Crippen LogP) is 6.39. The number of aliphatic imine (C=N–C) groups is 1. The number of allylic oxidation sites excluding steroid dienone is 3. The van der Waals surface area contributed by atoms with Crippen molar-refractivity contribution < 1.29 is 9.18 Å². The molecule has 2 fully saturated rings. The number of hydrogen-bond acceptors (Lipinski definition) is 4. The third-order valence-corrected chi connectivity index (χ3v) is 7.54. The van der Waals surface area contributed by atoms with Crippen molar-refractivity contribution in [2.75, 3.05) is 31.6 Å². The number of halogens is 1. The molecule has 0 aromatic heterocycles. The van der Waals surface area contributed by atoms with E-state index >= 15 is 4.39 Å². The highest BCUT2D eigenvalue weighted by Gasteiger charge is 2.28. The largest absolute Gasteiger partial charge is 0.371 e. The maximum atomic E-state index is 15.1. The van der Waals surface area contributed by atoms with Gasteiger partial charge in [-0.15, -0.1) is 0 Å². The second kappa shape index (κ2) is 11.4. The van der Waals surface area contributed by atoms with Crippen molar-refractivity contribution in [3.8, 4) is 0 Å². The van der Waals surface area contributed by atoms with E-state index in [9.17, 15) is 4.79 Å². The average molecular weight is 493 g/mol. The summed E-state index contributed by atoms with van der Waals surface area (Å²) in [5, 5.41) is 0. The molecule has 1 aromatic rings. The van der Waals surface area contributed by atoms with E-state index in [-0.39, 0.29) is 17.8 Å². The Kier molecular flexibility index (Phi) is 8.32. The van der Waals surface area contributed by atoms with Gasteiger partial charge in [-0.1, -0.05) is 33.3 Å². The fraction of sp³-hybridized carbons (Fsp3) is 0.533. The average Bonchev–Trinajstić information content (AvgIpc) is 3.29. The molecule has 0 aliphatic carbocycles. The van der Waals surface area contributed by atoms with Crippen LogP contribution in [0.2, 0.25) is 0 Å². The van der Waals surface area contributed by atoms with Crippen LogP contribution in [0.15, 0.2) is 53.4 Å². The molecule has 1 amide bonds. The number of rotatable bonds is 6. The molecule has 1 aromatic carbocycles. The van der Waals surface area contributed by atoms with Crippen molar-refractivity contribution in [1.82, 2.24) is 9.80 Å². The van der Waals surface area contributed by atoms with Gasteiger partial charge in [0.25, 0.3) is 5.91 Å². The van der Waals surface area contributed by atoms with Crippen LogP contribution < -0.4 is 4.90 Å². The third kappa shape index (κ3) is 5.91. The van der Waals surface area contributed by atoms with E-state index in [1.165, 1.54) is 0 Å². The van der Waals surface area contributed by atoms with Crippen LogP contribution in [0.4, 0.5) is 10.1 Å². The van der Waals surface area contributed by atoms with Crippen LogP contribution in [-0.2, 0) is 4.79 Å². The Hall–Kier alpha value is -2.89. The van der Waals surface area contributed by atoms with Gasteiger partial charge in [0.15, 0.2) is 0 Å². The third-order valence-electron chi connectivity index (χ3n) is 7.54. The summed E-state index contributed by atoms with van der Waals surface area (Å²) in [5.74, 6) is 0.741. The van der Waals surface area contributed by atoms with E-state index in [1.807, 2.05) is 35.1 Å². The van der Waals surface area contributed by atoms with Gasteiger partial charge in [0.1, 0.15) is 17.3 Å². The molecular weight excluding hydrogens is 451 g/mol. The number of anilines is 1. The zero-order valence-corrected chi connectivity index (χ0v) is 22.4. The quantitative estimate of drug-likeness (QED) is 0.462. The van der Waals surface area contributed by atoms with Crippen LogP contribution in [0.5, 0.6) is 0 Å². The lowest BCUT2D eigenvalue weighted by molar-refractivity contribution is -0.125. The minimum absolute atomic E-state index is 0.0172. The number of benzene rings is 1. The first-order chi connectivity index (χ1) is 17.2. The molecule has 0 N–H and O–H groups in total. The van der Waals surface area contributed by atoms with Crippen molar-refractivity contribution in [2.45, 2.75) is 71.8 Å². The van der Waals surface area contributed by atoms with Gasteiger partial charge in [0.05, 0.1) is 0 Å². The zero-order valence-electron chi connectivity index (χ0n) is 22.4. The van der Waals surface area contributed by atoms with E-state index in [0.29, 0.717) is 28.6 Å². The fourth-order valence-corrected chi connectivity index (χ4v) is 5.38. The van der Waals surface area contributed by atoms with E-state index in [1.54, 1.807) is 12.1 Å². The van der Waals surface area contributed by atoms with Gasteiger partial charge >= 0.3 is 0 Å². The van der Waals surface area contributed by atoms with Crippen molar-refractivity contribution in [2.24, 2.45) is 10.9 Å². The summed E-state index contributed by atoms with van der Waals surface area (Å²) in [4.78, 5) is 24.6. The summed E-state index contributed by atoms with van der Waals surface area (Å²) >= 11 is 0. The highest BCUT2D eigenvalue weighted by molar-refractivity contribution is 6.43. The lowest BCUT2D eigenvalue weighted by Gasteiger charge is -2.32. The molecular formula is C30H41FN4O. The summed E-state index contributed by atoms with van der Waals surface area (Å²) in [6.07, 6.45) is 11.2. The van der Waals surface area contributed by atoms with Crippen molar-refractivity contribution in [1.29, 1.82) is 0 Å². The van der Waals surface area contributed by atoms with Gasteiger partial charge in [-0.05, 0) is 80.9 Å². The summed E-state index contributed by atoms with van der Waals surface area (Å²) in [7, 11) is 1.96. The first-order valence-corrected chi connectivity index (χ1v) is 13.5. The SMILES string of the molecule is C=C(/C=C1/N=C(C(=O)N2CCCCCC2C)C=C(CC(C)C)N1C)c1ccc(N2CCCC2)cc1F. The minimum Gasteiger partial charge on any atom is -0.371 e. The van der Waals surface area contributed by atoms with E-state index in [0.717, 1.165) is 76.0 Å². The van der Waals surface area contributed by atoms with Gasteiger partial charge < -0.3 is 14.7 Å². The molecule has 3 aliphatic heterocycles. The first kappa shape index (κ1) is 26.2. The molecule has 36 heavy (non-hydrogen) atoms. The van der Waals surface area contributed by atoms with E-state index in [2.05, 4.69) is 32.3 Å². The molecule has 0 radical (unpaired) electrons. The van der Waals surface area contributed by atoms with Crippen LogP contribution in [0.3, 0.4) is 0 Å². The number of nitrogens with zero attached hydrogens (tertiary/aromatic N) is 4. The molecule has 0 bridgehead atoms. The van der Waals surface area contributed by atoms with Crippen molar-refractivity contribution in [3.63, 3.8) is 0 Å². The Labute approximate surface area is 216 Å². The lowest BCUT2D eigenvalue weighted by Crippen LogP contribution is -2.43. The Balaban J connectivity index is 1.63. The van der Waals surface area contributed by atoms with Crippen LogP contribution in [0.1, 0.15) is 71.3 Å². The Bertz CT molecular complexity index is 1080. The first-order valence-electron chi connectivity index (χ1n) is 13.5. The standard InChI is InChI=1S/C30H41FN4O/c1-21(2)17-25-20-28(30(36)35-16-8-6-7-11-23(35)4)32-29(33(25)5)18-22(3)26-13-12-24(19-27(26)31)34-14-9-10-15-34/h12-13,18-21,23H,3,6-11,14-17H2,1-2,4-5H3/b29-18-. The van der Waals surface area contributed by atoms with Crippen LogP contribution >= 0.6 is 0 Å². The highest BCUT2D eigenvalue weighted by atomic mass is 19.1. The maximum absolute atomic E-state index is 15.1. The van der Waals surface area contributed by atoms with Gasteiger partial charge in [-0.3, -0.25) is 4.79 Å². The summed E-state index contributed by atoms with van der Waals surface area (Å²) in [6, 6.07) is 5.60. The number of carbonyl (C=O) groups excluding carboxylic acids is 1. The topological polar surface area (TPSA) is 39.2 Å². The molecule has 3 heterocycles. The smallest absolute Gasteiger partial charge is 0.272 e. The molecule has 5 nitrogen and oxygen atoms in total. The minimum atomic E-state index is -0.281. The van der Waals surface area contributed by atoms with Gasteiger partial charge in [0.2, 0.25) is 0 Å². The van der Waals surface area contributed by atoms with Crippen LogP contribution in [-0.4, -0.2) is 54.1 Å². The summed E-state index contributed by atoms with van der Waals surface area (Å²) in [6.45, 7) is 13.3. The molecule has 1 unspecified atom stereocenters. The molecule has 2 saturated heterocycles. The molecule has 0 saturated carbocycles. The number of likely N-dealkylation sites (tertiary alicyclic amines) is 1. The second-order valence-electron chi connectivity index (χ2n) is 10.9. The Morgan fingerprint density at radius 1 is 1.17 bits per heavy atom. The molecule has 6 heteroatoms. The summed E-state index contributed by atoms with van der Waals surface area (Å²) in [5.41, 5.74) is 3.43. The fourth-order valence-electron chi connectivity index (χ4n) is 5.38. The normalized spacial score (nSPS) is 22.1. The zero-order chi connectivity index (χ0) is 25.8. The molecule has 1 atom stereocenters. The molecule has 3 aliphatic rings. The Morgan fingerprint density at radius 2 is 1.89 bits per heavy atom. The van der Waals surface area contributed by atoms with Gasteiger partial charge in [-0.2, -0.15) is 0 Å². The molecule has 4 rings (SSSR count). The van der Waals surface area contributed by atoms with Crippen molar-refractivity contribution in [3.05, 3.63) is 59.8 Å². The van der Waals surface area contributed by atoms with Gasteiger partial charge in [-0.25, -0.2) is 9.38 Å². The van der Waals surface area contributed by atoms with Crippen molar-refractivity contribution >= 4 is 22.9 Å². The second-order valence-corrected chi connectivity index (χ2v) is 10.9. The maximum Gasteiger partial charge on any atom is 0.272 e. The number of amides is 1. The Morgan fingerprint density at radius 3 is 2.58 bits per heavy atom. The predicted molar refractivity (Wildman–Crippen MR) is 147 cm³/mol. The van der Waals surface area contributed by atoms with Crippen LogP contribution in [0.25, 0.3) is 5.57 Å². The molecule has 0 spiro atoms. The van der Waals surface area contributed by atoms with E-state index < -0.39 is 0 Å². The highest BCUT2D eigenvalue weighted by Crippen LogP contribution is 2.30. The lowest BCUT2D eigenvalue weighted by atomic mass is 10.0. The summed E-state index contributed by atoms with van der Waals surface area (Å²) < 4.78 is 15.1. The van der Waals surface area contributed by atoms with Gasteiger partial charge in [0, 0.05) is 49.7 Å². The number of hydrogen-bond donors (Lipinski definition) is 0.